The van der Waals surface area contributed by atoms with E-state index in [0.717, 1.165) is 24.0 Å². The zero-order valence-electron chi connectivity index (χ0n) is 13.8. The largest absolute Gasteiger partial charge is 0.368 e. The maximum atomic E-state index is 11.2. The minimum atomic E-state index is -2.96. The van der Waals surface area contributed by atoms with Gasteiger partial charge in [0.2, 0.25) is 0 Å². The van der Waals surface area contributed by atoms with Crippen LogP contribution >= 0.6 is 39.9 Å². The molecule has 1 aliphatic rings. The molecule has 1 fully saturated rings. The number of aliphatic imine (C=N–C) groups is 1. The second-order valence-electron chi connectivity index (χ2n) is 5.66. The Morgan fingerprint density at radius 1 is 1.42 bits per heavy atom. The zero-order valence-corrected chi connectivity index (χ0v) is 18.6. The summed E-state index contributed by atoms with van der Waals surface area (Å²) in [4.78, 5) is 6.48. The summed E-state index contributed by atoms with van der Waals surface area (Å²) >= 11 is 3.59. The summed E-state index contributed by atoms with van der Waals surface area (Å²) < 4.78 is 23.4. The Hall–Kier alpha value is -0.550. The van der Waals surface area contributed by atoms with Crippen molar-refractivity contribution in [2.24, 2.45) is 4.99 Å². The summed E-state index contributed by atoms with van der Waals surface area (Å²) in [6, 6.07) is 8.47. The first kappa shape index (κ1) is 21.5. The van der Waals surface area contributed by atoms with E-state index >= 15 is 0 Å². The van der Waals surface area contributed by atoms with Crippen LogP contribution in [-0.2, 0) is 9.84 Å². The number of rotatable bonds is 5. The minimum absolute atomic E-state index is 0. The minimum Gasteiger partial charge on any atom is -0.368 e. The molecular weight excluding hydrogens is 507 g/mol. The summed E-state index contributed by atoms with van der Waals surface area (Å²) in [6.07, 6.45) is 2.24. The summed E-state index contributed by atoms with van der Waals surface area (Å²) in [6.45, 7) is 2.22. The molecule has 1 saturated heterocycles. The first-order valence-corrected chi connectivity index (χ1v) is 10.4. The monoisotopic (exact) mass is 530 g/mol. The van der Waals surface area contributed by atoms with Gasteiger partial charge in [0, 0.05) is 43.5 Å². The highest BCUT2D eigenvalue weighted by molar-refractivity contribution is 14.0. The third-order valence-electron chi connectivity index (χ3n) is 3.71. The molecule has 136 valence electrons. The van der Waals surface area contributed by atoms with Gasteiger partial charge in [0.05, 0.1) is 11.4 Å². The second kappa shape index (κ2) is 9.81. The number of sulfone groups is 1. The first-order chi connectivity index (χ1) is 10.9. The van der Waals surface area contributed by atoms with Gasteiger partial charge >= 0.3 is 0 Å². The van der Waals surface area contributed by atoms with Gasteiger partial charge in [-0.1, -0.05) is 12.1 Å². The van der Waals surface area contributed by atoms with E-state index in [2.05, 4.69) is 42.5 Å². The fourth-order valence-electron chi connectivity index (χ4n) is 2.55. The smallest absolute Gasteiger partial charge is 0.191 e. The van der Waals surface area contributed by atoms with Crippen LogP contribution in [0.5, 0.6) is 0 Å². The van der Waals surface area contributed by atoms with Crippen LogP contribution in [0.1, 0.15) is 6.42 Å². The predicted molar refractivity (Wildman–Crippen MR) is 114 cm³/mol. The highest BCUT2D eigenvalue weighted by Gasteiger charge is 2.24. The van der Waals surface area contributed by atoms with Gasteiger partial charge in [0.25, 0.3) is 0 Å². The Morgan fingerprint density at radius 2 is 2.12 bits per heavy atom. The number of halogens is 2. The molecule has 2 N–H and O–H groups in total. The molecule has 6 nitrogen and oxygen atoms in total. The van der Waals surface area contributed by atoms with Gasteiger partial charge in [-0.05, 0) is 34.5 Å². The summed E-state index contributed by atoms with van der Waals surface area (Å²) in [7, 11) is -1.27. The van der Waals surface area contributed by atoms with Crippen molar-refractivity contribution in [1.29, 1.82) is 0 Å². The molecule has 1 aromatic rings. The van der Waals surface area contributed by atoms with E-state index in [4.69, 9.17) is 0 Å². The number of nitrogens with one attached hydrogen (secondary N) is 2. The molecular formula is C15H24BrIN4O2S. The molecule has 9 heteroatoms. The zero-order chi connectivity index (χ0) is 16.9. The van der Waals surface area contributed by atoms with Crippen LogP contribution in [0.4, 0.5) is 5.69 Å². The van der Waals surface area contributed by atoms with E-state index in [1.807, 2.05) is 18.2 Å². The van der Waals surface area contributed by atoms with Crippen molar-refractivity contribution < 1.29 is 8.42 Å². The quantitative estimate of drug-likeness (QED) is 0.345. The Morgan fingerprint density at radius 3 is 2.75 bits per heavy atom. The molecule has 0 spiro atoms. The van der Waals surface area contributed by atoms with Crippen LogP contribution in [-0.4, -0.2) is 59.1 Å². The molecule has 0 bridgehead atoms. The Bertz CT molecular complexity index is 669. The number of hydrogen-bond acceptors (Lipinski definition) is 4. The number of para-hydroxylation sites is 1. The number of benzene rings is 1. The lowest BCUT2D eigenvalue weighted by Gasteiger charge is -2.21. The van der Waals surface area contributed by atoms with E-state index in [0.29, 0.717) is 12.5 Å². The van der Waals surface area contributed by atoms with Gasteiger partial charge in [-0.25, -0.2) is 8.42 Å². The van der Waals surface area contributed by atoms with E-state index in [9.17, 15) is 8.42 Å². The molecule has 0 radical (unpaired) electrons. The van der Waals surface area contributed by atoms with Crippen molar-refractivity contribution in [2.75, 3.05) is 43.6 Å². The van der Waals surface area contributed by atoms with Crippen molar-refractivity contribution >= 4 is 61.4 Å². The summed E-state index contributed by atoms with van der Waals surface area (Å²) in [5.74, 6) is 0.745. The SMILES string of the molecule is CN=C(NCCS(C)(=O)=O)NC1CCN(c2ccccc2Br)C1.I. The summed E-state index contributed by atoms with van der Waals surface area (Å²) in [5.41, 5.74) is 1.19. The van der Waals surface area contributed by atoms with Crippen LogP contribution < -0.4 is 15.5 Å². The third kappa shape index (κ3) is 6.75. The van der Waals surface area contributed by atoms with Crippen molar-refractivity contribution in [3.8, 4) is 0 Å². The maximum absolute atomic E-state index is 11.2. The average Bonchev–Trinajstić information content (AvgIpc) is 2.93. The van der Waals surface area contributed by atoms with Crippen LogP contribution in [0.25, 0.3) is 0 Å². The van der Waals surface area contributed by atoms with Crippen LogP contribution in [0.2, 0.25) is 0 Å². The molecule has 1 aliphatic heterocycles. The van der Waals surface area contributed by atoms with E-state index < -0.39 is 9.84 Å². The first-order valence-electron chi connectivity index (χ1n) is 7.53. The van der Waals surface area contributed by atoms with Gasteiger partial charge in [-0.15, -0.1) is 24.0 Å². The van der Waals surface area contributed by atoms with Gasteiger partial charge in [-0.2, -0.15) is 0 Å². The van der Waals surface area contributed by atoms with Crippen LogP contribution in [0.15, 0.2) is 33.7 Å². The molecule has 0 aliphatic carbocycles. The molecule has 1 unspecified atom stereocenters. The Labute approximate surface area is 169 Å². The highest BCUT2D eigenvalue weighted by atomic mass is 127. The van der Waals surface area contributed by atoms with Gasteiger partial charge < -0.3 is 15.5 Å². The lowest BCUT2D eigenvalue weighted by atomic mass is 10.3. The number of nitrogens with zero attached hydrogens (tertiary/aromatic N) is 2. The second-order valence-corrected chi connectivity index (χ2v) is 8.77. The van der Waals surface area contributed by atoms with Crippen molar-refractivity contribution in [2.45, 2.75) is 12.5 Å². The molecule has 24 heavy (non-hydrogen) atoms. The molecule has 0 saturated carbocycles. The Kier molecular flexibility index (Phi) is 8.78. The molecule has 1 aromatic carbocycles. The van der Waals surface area contributed by atoms with Crippen LogP contribution in [0, 0.1) is 0 Å². The molecule has 2 rings (SSSR count). The van der Waals surface area contributed by atoms with Crippen molar-refractivity contribution in [1.82, 2.24) is 10.6 Å². The normalized spacial score (nSPS) is 18.2. The predicted octanol–water partition coefficient (Wildman–Crippen LogP) is 1.86. The summed E-state index contributed by atoms with van der Waals surface area (Å²) in [5, 5.41) is 6.41. The van der Waals surface area contributed by atoms with Gasteiger partial charge in [0.15, 0.2) is 5.96 Å². The van der Waals surface area contributed by atoms with E-state index in [1.54, 1.807) is 7.05 Å². The number of anilines is 1. The average molecular weight is 531 g/mol. The van der Waals surface area contributed by atoms with Crippen LogP contribution in [0.3, 0.4) is 0 Å². The lowest BCUT2D eigenvalue weighted by Crippen LogP contribution is -2.45. The topological polar surface area (TPSA) is 73.8 Å². The van der Waals surface area contributed by atoms with E-state index in [1.165, 1.54) is 11.9 Å². The van der Waals surface area contributed by atoms with E-state index in [-0.39, 0.29) is 35.8 Å². The Balaban J connectivity index is 0.00000288. The number of hydrogen-bond donors (Lipinski definition) is 2. The molecule has 0 aromatic heterocycles. The number of guanidine groups is 1. The fraction of sp³-hybridized carbons (Fsp3) is 0.533. The maximum Gasteiger partial charge on any atom is 0.191 e. The molecule has 1 heterocycles. The standard InChI is InChI=1S/C15H23BrN4O2S.HI/c1-17-15(18-8-10-23(2,21)22)19-12-7-9-20(11-12)14-6-4-3-5-13(14)16;/h3-6,12H,7-11H2,1-2H3,(H2,17,18,19);1H. The van der Waals surface area contributed by atoms with Crippen molar-refractivity contribution in [3.05, 3.63) is 28.7 Å². The van der Waals surface area contributed by atoms with Gasteiger partial charge in [0.1, 0.15) is 9.84 Å². The molecule has 1 atom stereocenters. The lowest BCUT2D eigenvalue weighted by molar-refractivity contribution is 0.599. The molecule has 0 amide bonds. The highest BCUT2D eigenvalue weighted by Crippen LogP contribution is 2.28. The third-order valence-corrected chi connectivity index (χ3v) is 5.33. The van der Waals surface area contributed by atoms with Gasteiger partial charge in [-0.3, -0.25) is 4.99 Å². The van der Waals surface area contributed by atoms with Crippen molar-refractivity contribution in [3.63, 3.8) is 0 Å². The fourth-order valence-corrected chi connectivity index (χ4v) is 3.56.